The predicted molar refractivity (Wildman–Crippen MR) is 94.4 cm³/mol. The van der Waals surface area contributed by atoms with E-state index in [-0.39, 0.29) is 6.04 Å². The summed E-state index contributed by atoms with van der Waals surface area (Å²) in [5, 5.41) is 7.96. The zero-order chi connectivity index (χ0) is 15.1. The third-order valence-corrected chi connectivity index (χ3v) is 4.55. The summed E-state index contributed by atoms with van der Waals surface area (Å²) in [4.78, 5) is 0. The molecule has 2 rings (SSSR count). The first-order valence-electron chi connectivity index (χ1n) is 7.44. The van der Waals surface area contributed by atoms with Gasteiger partial charge < -0.3 is 10.1 Å². The molecule has 4 heteroatoms. The number of ether oxygens (including phenoxy) is 1. The van der Waals surface area contributed by atoms with Crippen LogP contribution in [0.25, 0.3) is 0 Å². The SMILES string of the molecule is CCCNC(c1ccsc1)c1ccc(OCCC)c(Br)c1. The van der Waals surface area contributed by atoms with Gasteiger partial charge in [0.1, 0.15) is 5.75 Å². The number of thiophene rings is 1. The van der Waals surface area contributed by atoms with Crippen LogP contribution in [0.1, 0.15) is 43.9 Å². The van der Waals surface area contributed by atoms with Crippen molar-refractivity contribution < 1.29 is 4.74 Å². The molecule has 0 aliphatic heterocycles. The molecule has 0 amide bonds. The molecular weight excluding hydrogens is 346 g/mol. The van der Waals surface area contributed by atoms with E-state index in [9.17, 15) is 0 Å². The van der Waals surface area contributed by atoms with Crippen LogP contribution in [-0.2, 0) is 0 Å². The molecule has 1 atom stereocenters. The average molecular weight is 368 g/mol. The summed E-state index contributed by atoms with van der Waals surface area (Å²) in [7, 11) is 0. The Kier molecular flexibility index (Phi) is 6.74. The number of halogens is 1. The molecule has 21 heavy (non-hydrogen) atoms. The maximum atomic E-state index is 5.73. The zero-order valence-corrected chi connectivity index (χ0v) is 15.0. The van der Waals surface area contributed by atoms with Crippen LogP contribution in [0.4, 0.5) is 0 Å². The molecule has 1 aromatic heterocycles. The van der Waals surface area contributed by atoms with Crippen LogP contribution in [0.15, 0.2) is 39.5 Å². The maximum absolute atomic E-state index is 5.73. The van der Waals surface area contributed by atoms with Crippen molar-refractivity contribution in [1.29, 1.82) is 0 Å². The largest absolute Gasteiger partial charge is 0.492 e. The fraction of sp³-hybridized carbons (Fsp3) is 0.412. The van der Waals surface area contributed by atoms with Gasteiger partial charge in [-0.2, -0.15) is 11.3 Å². The molecule has 0 aliphatic rings. The summed E-state index contributed by atoms with van der Waals surface area (Å²) in [5.74, 6) is 0.917. The van der Waals surface area contributed by atoms with Crippen LogP contribution < -0.4 is 10.1 Å². The Hall–Kier alpha value is -0.840. The summed E-state index contributed by atoms with van der Waals surface area (Å²) in [6.07, 6.45) is 2.14. The highest BCUT2D eigenvalue weighted by molar-refractivity contribution is 9.10. The summed E-state index contributed by atoms with van der Waals surface area (Å²) in [6.45, 7) is 6.06. The van der Waals surface area contributed by atoms with Gasteiger partial charge in [-0.1, -0.05) is 19.9 Å². The van der Waals surface area contributed by atoms with E-state index in [4.69, 9.17) is 4.74 Å². The summed E-state index contributed by atoms with van der Waals surface area (Å²) >= 11 is 5.37. The third-order valence-electron chi connectivity index (χ3n) is 3.23. The second-order valence-corrected chi connectivity index (χ2v) is 6.62. The highest BCUT2D eigenvalue weighted by Gasteiger charge is 2.15. The quantitative estimate of drug-likeness (QED) is 0.675. The standard InChI is InChI=1S/C17H22BrNOS/c1-3-8-19-17(14-7-10-21-12-14)13-5-6-16(15(18)11-13)20-9-4-2/h5-7,10-12,17,19H,3-4,8-9H2,1-2H3. The fourth-order valence-electron chi connectivity index (χ4n) is 2.18. The average Bonchev–Trinajstić information content (AvgIpc) is 3.01. The highest BCUT2D eigenvalue weighted by Crippen LogP contribution is 2.31. The van der Waals surface area contributed by atoms with Gasteiger partial charge in [-0.3, -0.25) is 0 Å². The summed E-state index contributed by atoms with van der Waals surface area (Å²) < 4.78 is 6.75. The van der Waals surface area contributed by atoms with Crippen molar-refractivity contribution in [3.05, 3.63) is 50.6 Å². The van der Waals surface area contributed by atoms with Crippen molar-refractivity contribution in [1.82, 2.24) is 5.32 Å². The van der Waals surface area contributed by atoms with Gasteiger partial charge in [0.05, 0.1) is 17.1 Å². The first kappa shape index (κ1) is 16.5. The minimum Gasteiger partial charge on any atom is -0.492 e. The summed E-state index contributed by atoms with van der Waals surface area (Å²) in [5.41, 5.74) is 2.58. The molecule has 0 bridgehead atoms. The molecule has 0 aliphatic carbocycles. The molecule has 2 aromatic rings. The third kappa shape index (κ3) is 4.56. The number of hydrogen-bond donors (Lipinski definition) is 1. The zero-order valence-electron chi connectivity index (χ0n) is 12.6. The minimum absolute atomic E-state index is 0.243. The Morgan fingerprint density at radius 1 is 1.19 bits per heavy atom. The van der Waals surface area contributed by atoms with Gasteiger partial charge in [0, 0.05) is 0 Å². The molecule has 2 nitrogen and oxygen atoms in total. The van der Waals surface area contributed by atoms with Crippen molar-refractivity contribution in [3.63, 3.8) is 0 Å². The van der Waals surface area contributed by atoms with Crippen molar-refractivity contribution in [3.8, 4) is 5.75 Å². The van der Waals surface area contributed by atoms with Crippen molar-refractivity contribution >= 4 is 27.3 Å². The van der Waals surface area contributed by atoms with Gasteiger partial charge in [-0.15, -0.1) is 0 Å². The molecule has 0 spiro atoms. The van der Waals surface area contributed by atoms with Crippen molar-refractivity contribution in [2.75, 3.05) is 13.2 Å². The lowest BCUT2D eigenvalue weighted by atomic mass is 10.0. The van der Waals surface area contributed by atoms with Gasteiger partial charge >= 0.3 is 0 Å². The number of nitrogens with one attached hydrogen (secondary N) is 1. The fourth-order valence-corrected chi connectivity index (χ4v) is 3.38. The van der Waals surface area contributed by atoms with E-state index in [2.05, 4.69) is 70.1 Å². The van der Waals surface area contributed by atoms with Crippen molar-refractivity contribution in [2.24, 2.45) is 0 Å². The van der Waals surface area contributed by atoms with E-state index in [1.807, 2.05) is 0 Å². The molecule has 1 aromatic carbocycles. The number of benzene rings is 1. The van der Waals surface area contributed by atoms with E-state index in [1.54, 1.807) is 11.3 Å². The molecular formula is C17H22BrNOS. The van der Waals surface area contributed by atoms with Gasteiger partial charge in [-0.05, 0) is 75.4 Å². The Balaban J connectivity index is 2.21. The van der Waals surface area contributed by atoms with E-state index < -0.39 is 0 Å². The predicted octanol–water partition coefficient (Wildman–Crippen LogP) is 5.39. The molecule has 1 unspecified atom stereocenters. The Morgan fingerprint density at radius 2 is 2.05 bits per heavy atom. The van der Waals surface area contributed by atoms with E-state index in [1.165, 1.54) is 11.1 Å². The molecule has 0 radical (unpaired) electrons. The van der Waals surface area contributed by atoms with Crippen molar-refractivity contribution in [2.45, 2.75) is 32.7 Å². The monoisotopic (exact) mass is 367 g/mol. The normalized spacial score (nSPS) is 12.3. The lowest BCUT2D eigenvalue weighted by Gasteiger charge is -2.19. The molecule has 114 valence electrons. The van der Waals surface area contributed by atoms with Crippen LogP contribution in [0.5, 0.6) is 5.75 Å². The number of rotatable bonds is 8. The van der Waals surface area contributed by atoms with Crippen LogP contribution >= 0.6 is 27.3 Å². The van der Waals surface area contributed by atoms with Gasteiger partial charge in [0.25, 0.3) is 0 Å². The van der Waals surface area contributed by atoms with Gasteiger partial charge in [-0.25, -0.2) is 0 Å². The van der Waals surface area contributed by atoms with Crippen LogP contribution in [-0.4, -0.2) is 13.2 Å². The van der Waals surface area contributed by atoms with E-state index in [0.29, 0.717) is 0 Å². The summed E-state index contributed by atoms with van der Waals surface area (Å²) in [6, 6.07) is 8.80. The maximum Gasteiger partial charge on any atom is 0.133 e. The lowest BCUT2D eigenvalue weighted by molar-refractivity contribution is 0.315. The molecule has 0 saturated heterocycles. The second kappa shape index (κ2) is 8.57. The molecule has 1 N–H and O–H groups in total. The Labute approximate surface area is 139 Å². The topological polar surface area (TPSA) is 21.3 Å². The number of hydrogen-bond acceptors (Lipinski definition) is 3. The Morgan fingerprint density at radius 3 is 2.67 bits per heavy atom. The van der Waals surface area contributed by atoms with E-state index >= 15 is 0 Å². The van der Waals surface area contributed by atoms with Crippen LogP contribution in [0, 0.1) is 0 Å². The lowest BCUT2D eigenvalue weighted by Crippen LogP contribution is -2.22. The van der Waals surface area contributed by atoms with Gasteiger partial charge in [0.2, 0.25) is 0 Å². The molecule has 0 fully saturated rings. The second-order valence-electron chi connectivity index (χ2n) is 4.98. The first-order valence-corrected chi connectivity index (χ1v) is 9.17. The van der Waals surface area contributed by atoms with Crippen LogP contribution in [0.2, 0.25) is 0 Å². The Bertz CT molecular complexity index is 542. The first-order chi connectivity index (χ1) is 10.3. The van der Waals surface area contributed by atoms with Gasteiger partial charge in [0.15, 0.2) is 0 Å². The molecule has 0 saturated carbocycles. The highest BCUT2D eigenvalue weighted by atomic mass is 79.9. The smallest absolute Gasteiger partial charge is 0.133 e. The van der Waals surface area contributed by atoms with E-state index in [0.717, 1.165) is 36.2 Å². The molecule has 1 heterocycles. The van der Waals surface area contributed by atoms with Crippen LogP contribution in [0.3, 0.4) is 0 Å². The minimum atomic E-state index is 0.243.